The number of hydrogen-bond donors (Lipinski definition) is 1. The van der Waals surface area contributed by atoms with Crippen LogP contribution in [-0.2, 0) is 6.54 Å². The Morgan fingerprint density at radius 3 is 2.63 bits per heavy atom. The number of benzene rings is 1. The summed E-state index contributed by atoms with van der Waals surface area (Å²) in [5.41, 5.74) is 1.33. The minimum Gasteiger partial charge on any atom is -0.306 e. The van der Waals surface area contributed by atoms with Gasteiger partial charge in [-0.25, -0.2) is 0 Å². The number of hydrogen-bond acceptors (Lipinski definition) is 2. The molecule has 0 spiro atoms. The van der Waals surface area contributed by atoms with Crippen LogP contribution in [0.25, 0.3) is 0 Å². The zero-order valence-corrected chi connectivity index (χ0v) is 13.0. The van der Waals surface area contributed by atoms with Crippen molar-refractivity contribution in [2.24, 2.45) is 0 Å². The van der Waals surface area contributed by atoms with E-state index < -0.39 is 0 Å². The molecule has 0 aliphatic rings. The highest BCUT2D eigenvalue weighted by Crippen LogP contribution is 2.20. The van der Waals surface area contributed by atoms with Crippen molar-refractivity contribution in [3.63, 3.8) is 0 Å². The Morgan fingerprint density at radius 1 is 1.32 bits per heavy atom. The van der Waals surface area contributed by atoms with Crippen molar-refractivity contribution < 1.29 is 0 Å². The number of rotatable bonds is 6. The van der Waals surface area contributed by atoms with Crippen molar-refractivity contribution in [1.82, 2.24) is 15.1 Å². The lowest BCUT2D eigenvalue weighted by Gasteiger charge is -2.23. The lowest BCUT2D eigenvalue weighted by molar-refractivity contribution is 0.393. The SMILES string of the molecule is CCC(NC(C)Cn1cccn1)c1ccc(Br)cc1. The van der Waals surface area contributed by atoms with Gasteiger partial charge < -0.3 is 5.32 Å². The van der Waals surface area contributed by atoms with Gasteiger partial charge in [0.15, 0.2) is 0 Å². The van der Waals surface area contributed by atoms with E-state index in [1.165, 1.54) is 5.56 Å². The summed E-state index contributed by atoms with van der Waals surface area (Å²) in [5, 5.41) is 7.91. The Bertz CT molecular complexity index is 479. The largest absolute Gasteiger partial charge is 0.306 e. The maximum atomic E-state index is 4.24. The molecule has 0 saturated heterocycles. The molecule has 1 aromatic carbocycles. The first-order valence-corrected chi connectivity index (χ1v) is 7.47. The molecular formula is C15H20BrN3. The molecule has 1 heterocycles. The second kappa shape index (κ2) is 6.87. The third-order valence-corrected chi connectivity index (χ3v) is 3.72. The van der Waals surface area contributed by atoms with Gasteiger partial charge in [0.1, 0.15) is 0 Å². The topological polar surface area (TPSA) is 29.9 Å². The van der Waals surface area contributed by atoms with Crippen LogP contribution in [0, 0.1) is 0 Å². The summed E-state index contributed by atoms with van der Waals surface area (Å²) in [6.45, 7) is 5.30. The first kappa shape index (κ1) is 14.3. The van der Waals surface area contributed by atoms with Gasteiger partial charge in [-0.1, -0.05) is 35.0 Å². The average molecular weight is 322 g/mol. The Kier molecular flexibility index (Phi) is 5.16. The highest BCUT2D eigenvalue weighted by atomic mass is 79.9. The van der Waals surface area contributed by atoms with Crippen LogP contribution in [0.2, 0.25) is 0 Å². The van der Waals surface area contributed by atoms with Crippen LogP contribution < -0.4 is 5.32 Å². The van der Waals surface area contributed by atoms with Crippen molar-refractivity contribution in [1.29, 1.82) is 0 Å². The normalized spacial score (nSPS) is 14.3. The van der Waals surface area contributed by atoms with Crippen LogP contribution in [0.1, 0.15) is 31.9 Å². The Hall–Kier alpha value is -1.13. The summed E-state index contributed by atoms with van der Waals surface area (Å²) in [5.74, 6) is 0. The van der Waals surface area contributed by atoms with Crippen LogP contribution in [-0.4, -0.2) is 15.8 Å². The maximum Gasteiger partial charge on any atom is 0.0560 e. The van der Waals surface area contributed by atoms with Gasteiger partial charge in [-0.05, 0) is 37.1 Å². The summed E-state index contributed by atoms with van der Waals surface area (Å²) in [7, 11) is 0. The summed E-state index contributed by atoms with van der Waals surface area (Å²) < 4.78 is 3.09. The molecule has 0 bridgehead atoms. The van der Waals surface area contributed by atoms with Gasteiger partial charge in [0.2, 0.25) is 0 Å². The Balaban J connectivity index is 1.96. The summed E-state index contributed by atoms with van der Waals surface area (Å²) in [6.07, 6.45) is 4.89. The minimum atomic E-state index is 0.383. The summed E-state index contributed by atoms with van der Waals surface area (Å²) in [6, 6.07) is 11.3. The molecule has 0 radical (unpaired) electrons. The smallest absolute Gasteiger partial charge is 0.0560 e. The molecule has 102 valence electrons. The van der Waals surface area contributed by atoms with Gasteiger partial charge in [-0.3, -0.25) is 4.68 Å². The van der Waals surface area contributed by atoms with Crippen LogP contribution in [0.3, 0.4) is 0 Å². The van der Waals surface area contributed by atoms with E-state index in [2.05, 4.69) is 64.5 Å². The molecule has 2 unspecified atom stereocenters. The predicted octanol–water partition coefficient (Wildman–Crippen LogP) is 3.78. The van der Waals surface area contributed by atoms with E-state index >= 15 is 0 Å². The van der Waals surface area contributed by atoms with E-state index in [1.54, 1.807) is 0 Å². The first-order chi connectivity index (χ1) is 9.19. The molecule has 0 aliphatic heterocycles. The highest BCUT2D eigenvalue weighted by Gasteiger charge is 2.12. The molecule has 0 saturated carbocycles. The van der Waals surface area contributed by atoms with Crippen molar-refractivity contribution in [2.75, 3.05) is 0 Å². The fourth-order valence-electron chi connectivity index (χ4n) is 2.23. The van der Waals surface area contributed by atoms with Crippen LogP contribution >= 0.6 is 15.9 Å². The molecule has 0 fully saturated rings. The lowest BCUT2D eigenvalue weighted by Crippen LogP contribution is -2.33. The standard InChI is InChI=1S/C15H20BrN3/c1-3-15(13-5-7-14(16)8-6-13)18-12(2)11-19-10-4-9-17-19/h4-10,12,15,18H,3,11H2,1-2H3. The van der Waals surface area contributed by atoms with Gasteiger partial charge in [-0.2, -0.15) is 5.10 Å². The second-order valence-electron chi connectivity index (χ2n) is 4.81. The second-order valence-corrected chi connectivity index (χ2v) is 5.72. The predicted molar refractivity (Wildman–Crippen MR) is 82.0 cm³/mol. The third-order valence-electron chi connectivity index (χ3n) is 3.19. The number of nitrogens with one attached hydrogen (secondary N) is 1. The molecule has 3 nitrogen and oxygen atoms in total. The zero-order valence-electron chi connectivity index (χ0n) is 11.4. The van der Waals surface area contributed by atoms with Crippen LogP contribution in [0.5, 0.6) is 0 Å². The van der Waals surface area contributed by atoms with Crippen molar-refractivity contribution in [3.8, 4) is 0 Å². The molecule has 0 aliphatic carbocycles. The Labute approximate surface area is 123 Å². The van der Waals surface area contributed by atoms with Gasteiger partial charge in [0.05, 0.1) is 6.54 Å². The molecule has 19 heavy (non-hydrogen) atoms. The first-order valence-electron chi connectivity index (χ1n) is 6.68. The highest BCUT2D eigenvalue weighted by molar-refractivity contribution is 9.10. The van der Waals surface area contributed by atoms with E-state index in [-0.39, 0.29) is 0 Å². The molecule has 4 heteroatoms. The van der Waals surface area contributed by atoms with Gasteiger partial charge in [-0.15, -0.1) is 0 Å². The van der Waals surface area contributed by atoms with Gasteiger partial charge in [0, 0.05) is 29.0 Å². The van der Waals surface area contributed by atoms with Crippen molar-refractivity contribution in [2.45, 2.75) is 38.9 Å². The lowest BCUT2D eigenvalue weighted by atomic mass is 10.0. The summed E-state index contributed by atoms with van der Waals surface area (Å²) >= 11 is 3.48. The molecular weight excluding hydrogens is 302 g/mol. The van der Waals surface area contributed by atoms with E-state index in [4.69, 9.17) is 0 Å². The maximum absolute atomic E-state index is 4.24. The van der Waals surface area contributed by atoms with E-state index in [1.807, 2.05) is 23.1 Å². The molecule has 0 amide bonds. The number of aromatic nitrogens is 2. The number of nitrogens with zero attached hydrogens (tertiary/aromatic N) is 2. The fourth-order valence-corrected chi connectivity index (χ4v) is 2.49. The molecule has 2 rings (SSSR count). The third kappa shape index (κ3) is 4.18. The van der Waals surface area contributed by atoms with Crippen molar-refractivity contribution >= 4 is 15.9 Å². The summed E-state index contributed by atoms with van der Waals surface area (Å²) in [4.78, 5) is 0. The van der Waals surface area contributed by atoms with Crippen LogP contribution in [0.15, 0.2) is 47.2 Å². The minimum absolute atomic E-state index is 0.383. The quantitative estimate of drug-likeness (QED) is 0.877. The molecule has 2 atom stereocenters. The van der Waals surface area contributed by atoms with Crippen molar-refractivity contribution in [3.05, 3.63) is 52.8 Å². The average Bonchev–Trinajstić information content (AvgIpc) is 2.90. The molecule has 1 N–H and O–H groups in total. The zero-order chi connectivity index (χ0) is 13.7. The van der Waals surface area contributed by atoms with Crippen LogP contribution in [0.4, 0.5) is 0 Å². The molecule has 2 aromatic rings. The fraction of sp³-hybridized carbons (Fsp3) is 0.400. The Morgan fingerprint density at radius 2 is 2.05 bits per heavy atom. The van der Waals surface area contributed by atoms with E-state index in [0.29, 0.717) is 12.1 Å². The van der Waals surface area contributed by atoms with Gasteiger partial charge in [0.25, 0.3) is 0 Å². The monoisotopic (exact) mass is 321 g/mol. The van der Waals surface area contributed by atoms with E-state index in [0.717, 1.165) is 17.4 Å². The molecule has 1 aromatic heterocycles. The number of halogens is 1. The van der Waals surface area contributed by atoms with Gasteiger partial charge >= 0.3 is 0 Å². The van der Waals surface area contributed by atoms with E-state index in [9.17, 15) is 0 Å².